The highest BCUT2D eigenvalue weighted by Gasteiger charge is 2.15. The molecule has 0 saturated heterocycles. The van der Waals surface area contributed by atoms with Crippen LogP contribution in [0.15, 0.2) is 88.7 Å². The molecule has 0 aliphatic heterocycles. The van der Waals surface area contributed by atoms with Gasteiger partial charge < -0.3 is 10.1 Å². The van der Waals surface area contributed by atoms with E-state index in [0.29, 0.717) is 37.8 Å². The Hall–Kier alpha value is -2.74. The summed E-state index contributed by atoms with van der Waals surface area (Å²) in [7, 11) is 0. The van der Waals surface area contributed by atoms with Gasteiger partial charge in [-0.15, -0.1) is 0 Å². The van der Waals surface area contributed by atoms with Gasteiger partial charge in [0, 0.05) is 26.1 Å². The van der Waals surface area contributed by atoms with Gasteiger partial charge in [0.1, 0.15) is 11.5 Å². The minimum atomic E-state index is -0.386. The van der Waals surface area contributed by atoms with E-state index < -0.39 is 0 Å². The van der Waals surface area contributed by atoms with Gasteiger partial charge in [-0.1, -0.05) is 58.7 Å². The summed E-state index contributed by atoms with van der Waals surface area (Å²) in [6, 6.07) is 23.6. The van der Waals surface area contributed by atoms with Crippen molar-refractivity contribution in [1.29, 1.82) is 0 Å². The van der Waals surface area contributed by atoms with E-state index in [1.165, 1.54) is 0 Å². The van der Waals surface area contributed by atoms with E-state index in [0.717, 1.165) is 20.9 Å². The normalized spacial score (nSPS) is 10.6. The average Bonchev–Trinajstić information content (AvgIpc) is 2.87. The highest BCUT2D eigenvalue weighted by Crippen LogP contribution is 2.42. The van der Waals surface area contributed by atoms with Crippen LogP contribution in [-0.2, 0) is 0 Å². The van der Waals surface area contributed by atoms with Crippen molar-refractivity contribution in [1.82, 2.24) is 5.32 Å². The van der Waals surface area contributed by atoms with Crippen molar-refractivity contribution in [2.45, 2.75) is 23.6 Å². The molecule has 0 radical (unpaired) electrons. The number of rotatable bonds is 6. The SMILES string of the molecule is Cc1cc(Oc2ccc(NC(=S)NC(=O)c3ccccc3Cl)cc2)c(C)c(Cl)c1Sc1ccc(Cl)cc1. The number of hydrogen-bond acceptors (Lipinski definition) is 4. The van der Waals surface area contributed by atoms with Gasteiger partial charge in [-0.25, -0.2) is 0 Å². The molecule has 0 atom stereocenters. The van der Waals surface area contributed by atoms with Crippen molar-refractivity contribution in [3.05, 3.63) is 111 Å². The second kappa shape index (κ2) is 12.2. The van der Waals surface area contributed by atoms with Crippen molar-refractivity contribution < 1.29 is 9.53 Å². The molecule has 0 spiro atoms. The number of nitrogens with one attached hydrogen (secondary N) is 2. The predicted octanol–water partition coefficient (Wildman–Crippen LogP) is 9.33. The first-order valence-corrected chi connectivity index (χ1v) is 13.4. The Morgan fingerprint density at radius 1 is 0.919 bits per heavy atom. The average molecular weight is 588 g/mol. The number of hydrogen-bond donors (Lipinski definition) is 2. The summed E-state index contributed by atoms with van der Waals surface area (Å²) in [5.41, 5.74) is 2.88. The first kappa shape index (κ1) is 27.3. The summed E-state index contributed by atoms with van der Waals surface area (Å²) in [6.45, 7) is 3.93. The number of benzene rings is 4. The number of ether oxygens (including phenoxy) is 1. The maximum atomic E-state index is 12.4. The lowest BCUT2D eigenvalue weighted by atomic mass is 10.1. The number of anilines is 1. The van der Waals surface area contributed by atoms with Crippen LogP contribution in [0.3, 0.4) is 0 Å². The first-order valence-electron chi connectivity index (χ1n) is 11.1. The fourth-order valence-corrected chi connectivity index (χ4v) is 5.27. The fraction of sp³-hybridized carbons (Fsp3) is 0.0714. The van der Waals surface area contributed by atoms with Gasteiger partial charge in [0.05, 0.1) is 15.6 Å². The van der Waals surface area contributed by atoms with Crippen molar-refractivity contribution in [2.24, 2.45) is 0 Å². The Morgan fingerprint density at radius 3 is 2.27 bits per heavy atom. The third-order valence-corrected chi connectivity index (χ3v) is 7.93. The lowest BCUT2D eigenvalue weighted by molar-refractivity contribution is 0.0978. The number of carbonyl (C=O) groups is 1. The van der Waals surface area contributed by atoms with Gasteiger partial charge in [0.2, 0.25) is 0 Å². The zero-order valence-electron chi connectivity index (χ0n) is 19.8. The van der Waals surface area contributed by atoms with E-state index in [-0.39, 0.29) is 11.0 Å². The fourth-order valence-electron chi connectivity index (χ4n) is 3.39. The van der Waals surface area contributed by atoms with Crippen LogP contribution < -0.4 is 15.4 Å². The van der Waals surface area contributed by atoms with Crippen LogP contribution in [0.4, 0.5) is 5.69 Å². The smallest absolute Gasteiger partial charge is 0.258 e. The summed E-state index contributed by atoms with van der Waals surface area (Å²) in [4.78, 5) is 14.4. The largest absolute Gasteiger partial charge is 0.457 e. The number of thiocarbonyl (C=S) groups is 1. The van der Waals surface area contributed by atoms with Crippen molar-refractivity contribution in [2.75, 3.05) is 5.32 Å². The number of halogens is 3. The van der Waals surface area contributed by atoms with Crippen molar-refractivity contribution in [3.63, 3.8) is 0 Å². The molecule has 1 amide bonds. The van der Waals surface area contributed by atoms with Crippen LogP contribution in [0.25, 0.3) is 0 Å². The van der Waals surface area contributed by atoms with Crippen LogP contribution >= 0.6 is 58.8 Å². The molecule has 37 heavy (non-hydrogen) atoms. The molecule has 0 saturated carbocycles. The molecule has 4 aromatic carbocycles. The van der Waals surface area contributed by atoms with Gasteiger partial charge in [-0.3, -0.25) is 10.1 Å². The standard InChI is InChI=1S/C28H21Cl3N2O2S2/c1-16-15-24(17(2)25(31)26(16)37-21-13-7-18(29)8-14-21)35-20-11-9-19(10-12-20)32-28(36)33-27(34)22-5-3-4-6-23(22)30/h3-15H,1-2H3,(H2,32,33,34,36). The summed E-state index contributed by atoms with van der Waals surface area (Å²) in [6.07, 6.45) is 0. The molecule has 4 nitrogen and oxygen atoms in total. The van der Waals surface area contributed by atoms with Gasteiger partial charge in [0.15, 0.2) is 5.11 Å². The van der Waals surface area contributed by atoms with Crippen LogP contribution in [-0.4, -0.2) is 11.0 Å². The third kappa shape index (κ3) is 6.98. The van der Waals surface area contributed by atoms with E-state index in [1.54, 1.807) is 60.3 Å². The monoisotopic (exact) mass is 586 g/mol. The molecule has 0 heterocycles. The molecule has 4 rings (SSSR count). The zero-order valence-corrected chi connectivity index (χ0v) is 23.7. The highest BCUT2D eigenvalue weighted by molar-refractivity contribution is 7.99. The number of carbonyl (C=O) groups excluding carboxylic acids is 1. The maximum Gasteiger partial charge on any atom is 0.258 e. The minimum absolute atomic E-state index is 0.158. The predicted molar refractivity (Wildman–Crippen MR) is 158 cm³/mol. The van der Waals surface area contributed by atoms with Crippen molar-refractivity contribution in [3.8, 4) is 11.5 Å². The Balaban J connectivity index is 1.41. The van der Waals surface area contributed by atoms with Crippen LogP contribution in [0.1, 0.15) is 21.5 Å². The number of amides is 1. The molecule has 0 aliphatic rings. The summed E-state index contributed by atoms with van der Waals surface area (Å²) in [5, 5.41) is 7.46. The molecule has 0 unspecified atom stereocenters. The van der Waals surface area contributed by atoms with Gasteiger partial charge >= 0.3 is 0 Å². The molecular formula is C28H21Cl3N2O2S2. The molecule has 2 N–H and O–H groups in total. The van der Waals surface area contributed by atoms with E-state index >= 15 is 0 Å². The molecule has 0 fully saturated rings. The van der Waals surface area contributed by atoms with E-state index in [2.05, 4.69) is 10.6 Å². The summed E-state index contributed by atoms with van der Waals surface area (Å²) >= 11 is 25.7. The first-order chi connectivity index (χ1) is 17.7. The van der Waals surface area contributed by atoms with E-state index in [9.17, 15) is 4.79 Å². The van der Waals surface area contributed by atoms with Gasteiger partial charge in [-0.2, -0.15) is 0 Å². The molecule has 0 bridgehead atoms. The Morgan fingerprint density at radius 2 is 1.59 bits per heavy atom. The van der Waals surface area contributed by atoms with Gasteiger partial charge in [-0.05, 0) is 98.4 Å². The van der Waals surface area contributed by atoms with Crippen LogP contribution in [0.5, 0.6) is 11.5 Å². The molecule has 0 aromatic heterocycles. The highest BCUT2D eigenvalue weighted by atomic mass is 35.5. The third-order valence-electron chi connectivity index (χ3n) is 5.32. The van der Waals surface area contributed by atoms with E-state index in [4.69, 9.17) is 51.8 Å². The van der Waals surface area contributed by atoms with E-state index in [1.807, 2.05) is 44.2 Å². The molecule has 188 valence electrons. The lowest BCUT2D eigenvalue weighted by Gasteiger charge is -2.16. The maximum absolute atomic E-state index is 12.4. The quantitative estimate of drug-likeness (QED) is 0.220. The van der Waals surface area contributed by atoms with Crippen molar-refractivity contribution >= 4 is 75.5 Å². The lowest BCUT2D eigenvalue weighted by Crippen LogP contribution is -2.34. The second-order valence-corrected chi connectivity index (χ2v) is 10.7. The molecule has 0 aliphatic carbocycles. The molecule has 4 aromatic rings. The minimum Gasteiger partial charge on any atom is -0.457 e. The van der Waals surface area contributed by atoms with Crippen LogP contribution in [0, 0.1) is 13.8 Å². The zero-order chi connectivity index (χ0) is 26.5. The summed E-state index contributed by atoms with van der Waals surface area (Å²) in [5.74, 6) is 0.919. The topological polar surface area (TPSA) is 50.4 Å². The van der Waals surface area contributed by atoms with Crippen LogP contribution in [0.2, 0.25) is 15.1 Å². The number of aryl methyl sites for hydroxylation is 1. The molecular weight excluding hydrogens is 567 g/mol. The Labute approximate surface area is 240 Å². The molecule has 9 heteroatoms. The Kier molecular flexibility index (Phi) is 9.00. The van der Waals surface area contributed by atoms with Gasteiger partial charge in [0.25, 0.3) is 5.91 Å². The second-order valence-electron chi connectivity index (χ2n) is 8.03. The summed E-state index contributed by atoms with van der Waals surface area (Å²) < 4.78 is 6.13. The Bertz CT molecular complexity index is 1460.